The molecule has 0 atom stereocenters. The van der Waals surface area contributed by atoms with E-state index in [1.165, 1.54) is 4.57 Å². The summed E-state index contributed by atoms with van der Waals surface area (Å²) in [5, 5.41) is 0. The first kappa shape index (κ1) is 21.1. The van der Waals surface area contributed by atoms with Crippen LogP contribution >= 0.6 is 11.8 Å². The van der Waals surface area contributed by atoms with Crippen LogP contribution in [0.1, 0.15) is 11.1 Å². The standard InChI is InChI=1S/C23H24N4O3S/c1-30-13-12-25-16-24-21-20(25)22(28)27(15-18-8-10-19(31-2)11-9-18)23(29)26(21)14-17-6-4-3-5-7-17/h3-11,16H,12-15H2,1-2H3. The molecule has 0 amide bonds. The fourth-order valence-corrected chi connectivity index (χ4v) is 3.97. The van der Waals surface area contributed by atoms with Crippen molar-refractivity contribution in [3.05, 3.63) is 92.9 Å². The number of hydrogen-bond donors (Lipinski definition) is 0. The van der Waals surface area contributed by atoms with Crippen molar-refractivity contribution in [2.24, 2.45) is 0 Å². The van der Waals surface area contributed by atoms with Crippen LogP contribution in [0.3, 0.4) is 0 Å². The lowest BCUT2D eigenvalue weighted by Crippen LogP contribution is -2.41. The molecule has 0 saturated heterocycles. The Labute approximate surface area is 183 Å². The van der Waals surface area contributed by atoms with Gasteiger partial charge in [0.15, 0.2) is 11.2 Å². The number of nitrogens with zero attached hydrogens (tertiary/aromatic N) is 4. The quantitative estimate of drug-likeness (QED) is 0.397. The van der Waals surface area contributed by atoms with E-state index in [1.807, 2.05) is 60.9 Å². The van der Waals surface area contributed by atoms with Crippen molar-refractivity contribution in [3.63, 3.8) is 0 Å². The van der Waals surface area contributed by atoms with E-state index in [0.29, 0.717) is 30.9 Å². The zero-order valence-corrected chi connectivity index (χ0v) is 18.3. The molecule has 0 N–H and O–H groups in total. The lowest BCUT2D eigenvalue weighted by Gasteiger charge is -2.13. The predicted molar refractivity (Wildman–Crippen MR) is 123 cm³/mol. The number of methoxy groups -OCH3 is 1. The Morgan fingerprint density at radius 2 is 1.61 bits per heavy atom. The molecule has 0 spiro atoms. The normalized spacial score (nSPS) is 11.3. The number of thioether (sulfide) groups is 1. The molecule has 4 aromatic rings. The van der Waals surface area contributed by atoms with Crippen molar-refractivity contribution >= 4 is 22.9 Å². The molecule has 160 valence electrons. The summed E-state index contributed by atoms with van der Waals surface area (Å²) >= 11 is 1.65. The first-order valence-corrected chi connectivity index (χ1v) is 11.2. The van der Waals surface area contributed by atoms with Gasteiger partial charge in [-0.3, -0.25) is 13.9 Å². The molecule has 0 radical (unpaired) electrons. The van der Waals surface area contributed by atoms with Crippen LogP contribution in [0, 0.1) is 0 Å². The van der Waals surface area contributed by atoms with Crippen LogP contribution < -0.4 is 11.2 Å². The number of benzene rings is 2. The SMILES string of the molecule is COCCn1cnc2c1c(=O)n(Cc1ccc(SC)cc1)c(=O)n2Cc1ccccc1. The highest BCUT2D eigenvalue weighted by Gasteiger charge is 2.18. The van der Waals surface area contributed by atoms with E-state index in [0.717, 1.165) is 16.0 Å². The van der Waals surface area contributed by atoms with Crippen LogP contribution in [0.25, 0.3) is 11.2 Å². The molecule has 31 heavy (non-hydrogen) atoms. The minimum absolute atomic E-state index is 0.201. The average Bonchev–Trinajstić information content (AvgIpc) is 3.23. The Balaban J connectivity index is 1.87. The molecule has 2 heterocycles. The number of imidazole rings is 1. The molecule has 2 aromatic heterocycles. The Kier molecular flexibility index (Phi) is 6.39. The second kappa shape index (κ2) is 9.36. The molecule has 0 fully saturated rings. The zero-order chi connectivity index (χ0) is 21.8. The van der Waals surface area contributed by atoms with E-state index < -0.39 is 0 Å². The minimum Gasteiger partial charge on any atom is -0.383 e. The first-order chi connectivity index (χ1) is 15.1. The highest BCUT2D eigenvalue weighted by atomic mass is 32.2. The maximum atomic E-state index is 13.4. The number of aromatic nitrogens is 4. The summed E-state index contributed by atoms with van der Waals surface area (Å²) in [4.78, 5) is 32.3. The van der Waals surface area contributed by atoms with Crippen molar-refractivity contribution in [1.82, 2.24) is 18.7 Å². The number of ether oxygens (including phenoxy) is 1. The van der Waals surface area contributed by atoms with E-state index in [1.54, 1.807) is 34.3 Å². The fraction of sp³-hybridized carbons (Fsp3) is 0.261. The summed E-state index contributed by atoms with van der Waals surface area (Å²) in [6.45, 7) is 1.46. The molecule has 2 aromatic carbocycles. The Morgan fingerprint density at radius 1 is 0.935 bits per heavy atom. The largest absolute Gasteiger partial charge is 0.383 e. The minimum atomic E-state index is -0.368. The maximum Gasteiger partial charge on any atom is 0.333 e. The highest BCUT2D eigenvalue weighted by Crippen LogP contribution is 2.15. The van der Waals surface area contributed by atoms with Gasteiger partial charge in [-0.1, -0.05) is 42.5 Å². The third kappa shape index (κ3) is 4.35. The van der Waals surface area contributed by atoms with Crippen LogP contribution in [-0.2, 0) is 24.4 Å². The fourth-order valence-electron chi connectivity index (χ4n) is 3.56. The van der Waals surface area contributed by atoms with E-state index in [4.69, 9.17) is 4.74 Å². The van der Waals surface area contributed by atoms with Crippen LogP contribution in [0.2, 0.25) is 0 Å². The van der Waals surface area contributed by atoms with Crippen molar-refractivity contribution < 1.29 is 4.74 Å². The Hall–Kier alpha value is -3.10. The predicted octanol–water partition coefficient (Wildman–Crippen LogP) is 2.82. The zero-order valence-electron chi connectivity index (χ0n) is 17.5. The monoisotopic (exact) mass is 436 g/mol. The smallest absolute Gasteiger partial charge is 0.333 e. The summed E-state index contributed by atoms with van der Waals surface area (Å²) in [6.07, 6.45) is 3.61. The summed E-state index contributed by atoms with van der Waals surface area (Å²) in [7, 11) is 1.61. The number of fused-ring (bicyclic) bond motifs is 1. The van der Waals surface area contributed by atoms with E-state index in [-0.39, 0.29) is 17.8 Å². The highest BCUT2D eigenvalue weighted by molar-refractivity contribution is 7.98. The molecular weight excluding hydrogens is 412 g/mol. The maximum absolute atomic E-state index is 13.4. The van der Waals surface area contributed by atoms with E-state index >= 15 is 0 Å². The van der Waals surface area contributed by atoms with Crippen molar-refractivity contribution in [2.75, 3.05) is 20.0 Å². The summed E-state index contributed by atoms with van der Waals surface area (Å²) in [5.74, 6) is 0. The van der Waals surface area contributed by atoms with Gasteiger partial charge in [-0.25, -0.2) is 9.78 Å². The lowest BCUT2D eigenvalue weighted by molar-refractivity contribution is 0.188. The molecule has 7 nitrogen and oxygen atoms in total. The number of rotatable bonds is 8. The average molecular weight is 437 g/mol. The van der Waals surface area contributed by atoms with Gasteiger partial charge in [-0.05, 0) is 29.5 Å². The van der Waals surface area contributed by atoms with E-state index in [9.17, 15) is 9.59 Å². The molecule has 0 aliphatic carbocycles. The van der Waals surface area contributed by atoms with Crippen LogP contribution in [0.15, 0.2) is 75.4 Å². The second-order valence-corrected chi connectivity index (χ2v) is 8.08. The third-order valence-electron chi connectivity index (χ3n) is 5.20. The number of hydrogen-bond acceptors (Lipinski definition) is 5. The van der Waals surface area contributed by atoms with Crippen LogP contribution in [-0.4, -0.2) is 38.7 Å². The van der Waals surface area contributed by atoms with Gasteiger partial charge in [-0.2, -0.15) is 0 Å². The molecule has 0 aliphatic rings. The van der Waals surface area contributed by atoms with Crippen LogP contribution in [0.5, 0.6) is 0 Å². The van der Waals surface area contributed by atoms with Crippen molar-refractivity contribution in [2.45, 2.75) is 24.5 Å². The molecule has 0 aliphatic heterocycles. The second-order valence-electron chi connectivity index (χ2n) is 7.20. The van der Waals surface area contributed by atoms with E-state index in [2.05, 4.69) is 4.98 Å². The molecule has 4 rings (SSSR count). The topological polar surface area (TPSA) is 71.1 Å². The summed E-state index contributed by atoms with van der Waals surface area (Å²) < 4.78 is 9.80. The Bertz CT molecular complexity index is 1290. The summed E-state index contributed by atoms with van der Waals surface area (Å²) in [6, 6.07) is 17.6. The third-order valence-corrected chi connectivity index (χ3v) is 5.95. The van der Waals surface area contributed by atoms with Gasteiger partial charge < -0.3 is 9.30 Å². The van der Waals surface area contributed by atoms with Gasteiger partial charge in [0.25, 0.3) is 5.56 Å². The van der Waals surface area contributed by atoms with Gasteiger partial charge in [0.2, 0.25) is 0 Å². The van der Waals surface area contributed by atoms with Gasteiger partial charge in [0.1, 0.15) is 0 Å². The molecule has 0 unspecified atom stereocenters. The van der Waals surface area contributed by atoms with Gasteiger partial charge in [-0.15, -0.1) is 11.8 Å². The van der Waals surface area contributed by atoms with Crippen LogP contribution in [0.4, 0.5) is 0 Å². The molecule has 8 heteroatoms. The summed E-state index contributed by atoms with van der Waals surface area (Å²) in [5.41, 5.74) is 1.95. The molecule has 0 saturated carbocycles. The van der Waals surface area contributed by atoms with Crippen molar-refractivity contribution in [1.29, 1.82) is 0 Å². The lowest BCUT2D eigenvalue weighted by atomic mass is 10.2. The van der Waals surface area contributed by atoms with Gasteiger partial charge in [0, 0.05) is 18.6 Å². The first-order valence-electron chi connectivity index (χ1n) is 9.96. The van der Waals surface area contributed by atoms with Gasteiger partial charge in [0.05, 0.1) is 26.0 Å². The molecule has 0 bridgehead atoms. The molecular formula is C23H24N4O3S. The van der Waals surface area contributed by atoms with Crippen molar-refractivity contribution in [3.8, 4) is 0 Å². The Morgan fingerprint density at radius 3 is 2.29 bits per heavy atom. The van der Waals surface area contributed by atoms with Gasteiger partial charge >= 0.3 is 5.69 Å².